The maximum absolute atomic E-state index is 15.7. The summed E-state index contributed by atoms with van der Waals surface area (Å²) >= 11 is 6.13. The molecule has 0 bridgehead atoms. The second kappa shape index (κ2) is 11.2. The van der Waals surface area contributed by atoms with Crippen molar-refractivity contribution in [2.45, 2.75) is 70.7 Å². The molecule has 2 aromatic rings. The predicted molar refractivity (Wildman–Crippen MR) is 151 cm³/mol. The first-order valence-electron chi connectivity index (χ1n) is 13.2. The fourth-order valence-corrected chi connectivity index (χ4v) is 6.52. The molecule has 4 rings (SSSR count). The van der Waals surface area contributed by atoms with Crippen LogP contribution in [0.25, 0.3) is 5.57 Å². The van der Waals surface area contributed by atoms with Gasteiger partial charge in [-0.2, -0.15) is 0 Å². The van der Waals surface area contributed by atoms with E-state index in [0.717, 1.165) is 61.1 Å². The summed E-state index contributed by atoms with van der Waals surface area (Å²) in [6.07, 6.45) is 7.53. The first-order valence-corrected chi connectivity index (χ1v) is 17.4. The van der Waals surface area contributed by atoms with Crippen LogP contribution in [0.15, 0.2) is 54.5 Å². The molecule has 1 aliphatic heterocycles. The van der Waals surface area contributed by atoms with Crippen LogP contribution in [0.5, 0.6) is 0 Å². The van der Waals surface area contributed by atoms with E-state index in [2.05, 4.69) is 53.1 Å². The Morgan fingerprint density at radius 1 is 1.17 bits per heavy atom. The lowest BCUT2D eigenvalue weighted by Gasteiger charge is -2.43. The first-order chi connectivity index (χ1) is 17.1. The Hall–Kier alpha value is -1.89. The van der Waals surface area contributed by atoms with Crippen molar-refractivity contribution in [3.63, 3.8) is 0 Å². The molecular formula is C29H41ClFN3OSi. The van der Waals surface area contributed by atoms with E-state index in [0.29, 0.717) is 12.6 Å². The van der Waals surface area contributed by atoms with E-state index >= 15 is 4.39 Å². The zero-order valence-electron chi connectivity index (χ0n) is 22.4. The molecule has 0 saturated carbocycles. The van der Waals surface area contributed by atoms with Crippen LogP contribution in [0.1, 0.15) is 42.6 Å². The second-order valence-corrected chi connectivity index (χ2v) is 17.5. The number of rotatable bonds is 9. The molecule has 4 nitrogen and oxygen atoms in total. The van der Waals surface area contributed by atoms with E-state index in [1.54, 1.807) is 6.08 Å². The summed E-state index contributed by atoms with van der Waals surface area (Å²) in [5.74, 6) is 0.0736. The number of nitrogens with zero attached hydrogens (tertiary/aromatic N) is 3. The maximum atomic E-state index is 15.7. The summed E-state index contributed by atoms with van der Waals surface area (Å²) in [7, 11) is -1.11. The fraction of sp³-hybridized carbons (Fsp3) is 0.552. The summed E-state index contributed by atoms with van der Waals surface area (Å²) in [4.78, 5) is 7.01. The molecule has 0 N–H and O–H groups in total. The fourth-order valence-electron chi connectivity index (χ4n) is 5.44. The average molecular weight is 530 g/mol. The lowest BCUT2D eigenvalue weighted by atomic mass is 9.79. The second-order valence-electron chi connectivity index (χ2n) is 11.6. The number of aromatic nitrogens is 2. The smallest absolute Gasteiger partial charge is 0.150 e. The maximum Gasteiger partial charge on any atom is 0.150 e. The normalized spacial score (nSPS) is 23.5. The quantitative estimate of drug-likeness (QED) is 0.195. The molecule has 7 heteroatoms. The zero-order valence-corrected chi connectivity index (χ0v) is 24.2. The van der Waals surface area contributed by atoms with Crippen LogP contribution in [-0.4, -0.2) is 53.8 Å². The molecule has 2 aliphatic rings. The van der Waals surface area contributed by atoms with Crippen molar-refractivity contribution in [1.82, 2.24) is 14.5 Å². The van der Waals surface area contributed by atoms with Gasteiger partial charge in [-0.1, -0.05) is 63.0 Å². The topological polar surface area (TPSA) is 30.3 Å². The Morgan fingerprint density at radius 2 is 1.86 bits per heavy atom. The molecule has 0 radical (unpaired) electrons. The van der Waals surface area contributed by atoms with E-state index in [4.69, 9.17) is 16.3 Å². The van der Waals surface area contributed by atoms with Gasteiger partial charge in [0, 0.05) is 56.6 Å². The SMILES string of the molecule is Cc1ncn(COCC[Si](C)(C)C)c1C1CCN(C2=C(c3ccccc3)C=CC(F)(CCl)C2C)CC1. The van der Waals surface area contributed by atoms with Gasteiger partial charge in [-0.05, 0) is 37.4 Å². The summed E-state index contributed by atoms with van der Waals surface area (Å²) < 4.78 is 24.0. The van der Waals surface area contributed by atoms with Crippen molar-refractivity contribution in [3.8, 4) is 0 Å². The minimum Gasteiger partial charge on any atom is -0.374 e. The highest BCUT2D eigenvalue weighted by atomic mass is 35.5. The number of allylic oxidation sites excluding steroid dienone is 4. The Labute approximate surface area is 222 Å². The van der Waals surface area contributed by atoms with E-state index in [1.807, 2.05) is 37.5 Å². The lowest BCUT2D eigenvalue weighted by Crippen LogP contribution is -2.43. The van der Waals surface area contributed by atoms with Crippen molar-refractivity contribution in [2.24, 2.45) is 5.92 Å². The van der Waals surface area contributed by atoms with Crippen molar-refractivity contribution < 1.29 is 9.13 Å². The number of hydrogen-bond donors (Lipinski definition) is 0. The van der Waals surface area contributed by atoms with E-state index in [-0.39, 0.29) is 11.8 Å². The zero-order chi connectivity index (χ0) is 25.9. The van der Waals surface area contributed by atoms with Crippen molar-refractivity contribution >= 4 is 25.2 Å². The van der Waals surface area contributed by atoms with Crippen molar-refractivity contribution in [3.05, 3.63) is 71.5 Å². The van der Waals surface area contributed by atoms with Crippen LogP contribution in [0.3, 0.4) is 0 Å². The van der Waals surface area contributed by atoms with Crippen LogP contribution in [0, 0.1) is 12.8 Å². The number of piperidine rings is 1. The molecule has 0 amide bonds. The van der Waals surface area contributed by atoms with Gasteiger partial charge in [-0.25, -0.2) is 9.37 Å². The van der Waals surface area contributed by atoms with Gasteiger partial charge in [0.2, 0.25) is 0 Å². The molecule has 1 aromatic carbocycles. The summed E-state index contributed by atoms with van der Waals surface area (Å²) in [6.45, 7) is 14.3. The molecule has 196 valence electrons. The molecule has 1 aromatic heterocycles. The van der Waals surface area contributed by atoms with E-state index in [1.165, 1.54) is 5.69 Å². The van der Waals surface area contributed by atoms with Crippen molar-refractivity contribution in [2.75, 3.05) is 25.6 Å². The minimum atomic E-state index is -1.53. The molecule has 2 unspecified atom stereocenters. The van der Waals surface area contributed by atoms with Gasteiger partial charge in [-0.3, -0.25) is 0 Å². The predicted octanol–water partition coefficient (Wildman–Crippen LogP) is 7.25. The number of ether oxygens (including phenoxy) is 1. The first kappa shape index (κ1) is 27.1. The number of aryl methyl sites for hydroxylation is 1. The van der Waals surface area contributed by atoms with E-state index < -0.39 is 13.7 Å². The molecule has 1 fully saturated rings. The highest BCUT2D eigenvalue weighted by Crippen LogP contribution is 2.43. The van der Waals surface area contributed by atoms with Gasteiger partial charge >= 0.3 is 0 Å². The molecule has 2 heterocycles. The number of alkyl halides is 2. The summed E-state index contributed by atoms with van der Waals surface area (Å²) in [5.41, 5.74) is 4.15. The minimum absolute atomic E-state index is 0.0389. The number of hydrogen-bond acceptors (Lipinski definition) is 3. The molecule has 36 heavy (non-hydrogen) atoms. The Kier molecular flexibility index (Phi) is 8.48. The molecule has 1 aliphatic carbocycles. The van der Waals surface area contributed by atoms with Gasteiger partial charge in [-0.15, -0.1) is 11.6 Å². The van der Waals surface area contributed by atoms with Gasteiger partial charge in [0.1, 0.15) is 6.73 Å². The number of likely N-dealkylation sites (tertiary alicyclic amines) is 1. The van der Waals surface area contributed by atoms with Crippen LogP contribution in [0.4, 0.5) is 4.39 Å². The average Bonchev–Trinajstić information content (AvgIpc) is 3.23. The third-order valence-electron chi connectivity index (χ3n) is 7.74. The van der Waals surface area contributed by atoms with Crippen LogP contribution in [0.2, 0.25) is 25.7 Å². The van der Waals surface area contributed by atoms with Crippen LogP contribution >= 0.6 is 11.6 Å². The lowest BCUT2D eigenvalue weighted by molar-refractivity contribution is 0.0830. The molecule has 0 spiro atoms. The van der Waals surface area contributed by atoms with Crippen LogP contribution < -0.4 is 0 Å². The third kappa shape index (κ3) is 5.98. The Bertz CT molecular complexity index is 1090. The number of halogens is 2. The number of imidazole rings is 1. The highest BCUT2D eigenvalue weighted by molar-refractivity contribution is 6.76. The molecule has 2 atom stereocenters. The van der Waals surface area contributed by atoms with Gasteiger partial charge in [0.05, 0.1) is 17.9 Å². The van der Waals surface area contributed by atoms with Crippen molar-refractivity contribution in [1.29, 1.82) is 0 Å². The highest BCUT2D eigenvalue weighted by Gasteiger charge is 2.42. The summed E-state index contributed by atoms with van der Waals surface area (Å²) in [6, 6.07) is 11.5. The number of benzene rings is 1. The van der Waals surface area contributed by atoms with Gasteiger partial charge < -0.3 is 14.2 Å². The van der Waals surface area contributed by atoms with Gasteiger partial charge in [0.25, 0.3) is 0 Å². The summed E-state index contributed by atoms with van der Waals surface area (Å²) in [5, 5.41) is 0. The molecular weight excluding hydrogens is 489 g/mol. The third-order valence-corrected chi connectivity index (χ3v) is 9.86. The van der Waals surface area contributed by atoms with Gasteiger partial charge in [0.15, 0.2) is 5.67 Å². The van der Waals surface area contributed by atoms with E-state index in [9.17, 15) is 0 Å². The van der Waals surface area contributed by atoms with Crippen LogP contribution in [-0.2, 0) is 11.5 Å². The monoisotopic (exact) mass is 529 g/mol. The Morgan fingerprint density at radius 3 is 2.50 bits per heavy atom. The molecule has 1 saturated heterocycles. The Balaban J connectivity index is 1.50. The largest absolute Gasteiger partial charge is 0.374 e. The standard InChI is InChI=1S/C29H41ClFN3OSi/c1-22-27(26(11-14-29(22,31)19-30)24-9-7-6-8-10-24)33-15-12-25(13-16-33)28-23(2)32-20-34(28)21-35-17-18-36(3,4)5/h6-11,14,20,22,25H,12-13,15-19,21H2,1-5H3.